The quantitative estimate of drug-likeness (QED) is 0.0937. The fourth-order valence-electron chi connectivity index (χ4n) is 6.37. The van der Waals surface area contributed by atoms with Crippen molar-refractivity contribution in [3.63, 3.8) is 0 Å². The van der Waals surface area contributed by atoms with Crippen molar-refractivity contribution in [3.05, 3.63) is 167 Å². The lowest BCUT2D eigenvalue weighted by molar-refractivity contribution is 0.339. The van der Waals surface area contributed by atoms with Gasteiger partial charge >= 0.3 is 0 Å². The van der Waals surface area contributed by atoms with E-state index in [9.17, 15) is 0 Å². The number of ether oxygens (including phenoxy) is 2. The Morgan fingerprint density at radius 3 is 1.11 bits per heavy atom. The molecule has 54 heavy (non-hydrogen) atoms. The van der Waals surface area contributed by atoms with E-state index in [1.807, 2.05) is 76.2 Å². The van der Waals surface area contributed by atoms with Crippen LogP contribution in [-0.2, 0) is 0 Å². The Bertz CT molecular complexity index is 2340. The molecule has 0 bridgehead atoms. The lowest BCUT2D eigenvalue weighted by atomic mass is 10.0. The van der Waals surface area contributed by atoms with Gasteiger partial charge in [0.15, 0.2) is 0 Å². The van der Waals surface area contributed by atoms with Crippen molar-refractivity contribution in [2.24, 2.45) is 20.5 Å². The summed E-state index contributed by atoms with van der Waals surface area (Å²) in [6.45, 7) is 9.19. The molecule has 0 aliphatic rings. The summed E-state index contributed by atoms with van der Waals surface area (Å²) in [7, 11) is 0. The molecule has 0 aromatic heterocycles. The third-order valence-electron chi connectivity index (χ3n) is 9.09. The van der Waals surface area contributed by atoms with Gasteiger partial charge in [-0.3, -0.25) is 0 Å². The molecule has 0 fully saturated rings. The Labute approximate surface area is 316 Å². The molecule has 0 atom stereocenters. The molecule has 7 aromatic rings. The zero-order chi connectivity index (χ0) is 37.3. The van der Waals surface area contributed by atoms with Gasteiger partial charge in [0.05, 0.1) is 24.6 Å². The summed E-state index contributed by atoms with van der Waals surface area (Å²) >= 11 is 0. The van der Waals surface area contributed by atoms with Crippen LogP contribution in [-0.4, -0.2) is 13.2 Å². The molecule has 0 N–H and O–H groups in total. The maximum atomic E-state index is 5.97. The van der Waals surface area contributed by atoms with E-state index < -0.39 is 0 Å². The summed E-state index contributed by atoms with van der Waals surface area (Å²) in [5.41, 5.74) is 9.57. The summed E-state index contributed by atoms with van der Waals surface area (Å²) in [5.74, 6) is 1.55. The van der Waals surface area contributed by atoms with Crippen LogP contribution in [0.25, 0.3) is 45.8 Å². The highest BCUT2D eigenvalue weighted by molar-refractivity contribution is 5.97. The number of benzene rings is 7. The van der Waals surface area contributed by atoms with Crippen LogP contribution in [0, 0.1) is 13.8 Å². The van der Waals surface area contributed by atoms with Gasteiger partial charge in [-0.05, 0) is 108 Å². The molecular weight excluding hydrogens is 665 g/mol. The third kappa shape index (κ3) is 8.35. The first-order valence-corrected chi connectivity index (χ1v) is 18.3. The summed E-state index contributed by atoms with van der Waals surface area (Å²) in [6, 6.07) is 45.3. The van der Waals surface area contributed by atoms with Crippen LogP contribution >= 0.6 is 0 Å². The first-order valence-electron chi connectivity index (χ1n) is 18.3. The van der Waals surface area contributed by atoms with Crippen LogP contribution in [0.1, 0.15) is 47.2 Å². The standard InChI is InChI=1S/C48H42N4O2/c1-5-53-47-33(3)31-39-11-7-9-13-43(39)45(47)51-49-41-27-23-37(24-28-41)21-19-35-15-17-36(18-16-35)20-22-38-25-29-42(30-26-38)50-52-46-44-14-10-8-12-40(44)32-34(4)48(46)54-6-2/h7-32H,5-6H2,1-4H3/b21-19-,22-20?,51-49?,52-50?. The van der Waals surface area contributed by atoms with Crippen molar-refractivity contribution in [3.8, 4) is 11.5 Å². The topological polar surface area (TPSA) is 67.9 Å². The lowest BCUT2D eigenvalue weighted by Gasteiger charge is -2.12. The normalized spacial score (nSPS) is 11.9. The molecule has 0 unspecified atom stereocenters. The molecule has 0 aliphatic heterocycles. The molecule has 0 saturated carbocycles. The zero-order valence-corrected chi connectivity index (χ0v) is 31.0. The molecule has 0 saturated heterocycles. The molecule has 6 nitrogen and oxygen atoms in total. The van der Waals surface area contributed by atoms with Crippen molar-refractivity contribution in [1.82, 2.24) is 0 Å². The molecule has 0 spiro atoms. The highest BCUT2D eigenvalue weighted by atomic mass is 16.5. The second kappa shape index (κ2) is 16.8. The van der Waals surface area contributed by atoms with Crippen LogP contribution < -0.4 is 9.47 Å². The van der Waals surface area contributed by atoms with Gasteiger partial charge in [-0.2, -0.15) is 10.2 Å². The minimum Gasteiger partial charge on any atom is -0.491 e. The van der Waals surface area contributed by atoms with Crippen LogP contribution in [0.5, 0.6) is 11.5 Å². The molecule has 6 heteroatoms. The van der Waals surface area contributed by atoms with Crippen molar-refractivity contribution in [2.45, 2.75) is 27.7 Å². The number of aryl methyl sites for hydroxylation is 2. The molecule has 0 heterocycles. The van der Waals surface area contributed by atoms with E-state index in [1.54, 1.807) is 0 Å². The van der Waals surface area contributed by atoms with E-state index in [0.717, 1.165) is 89.2 Å². The maximum Gasteiger partial charge on any atom is 0.150 e. The van der Waals surface area contributed by atoms with Crippen LogP contribution in [0.4, 0.5) is 22.7 Å². The first kappa shape index (κ1) is 35.7. The minimum atomic E-state index is 0.566. The summed E-state index contributed by atoms with van der Waals surface area (Å²) in [6.07, 6.45) is 8.43. The SMILES string of the molecule is CCOc1c(C)cc2ccccc2c1N=Nc1ccc(C=Cc2ccc(/C=C\c3ccc(N=Nc4c(OCC)c(C)cc5ccccc45)cc3)cc2)cc1. The van der Waals surface area contributed by atoms with E-state index in [0.29, 0.717) is 13.2 Å². The molecule has 7 rings (SSSR count). The van der Waals surface area contributed by atoms with Gasteiger partial charge in [0.25, 0.3) is 0 Å². The summed E-state index contributed by atoms with van der Waals surface area (Å²) < 4.78 is 11.9. The largest absolute Gasteiger partial charge is 0.491 e. The Hall–Kier alpha value is -6.66. The number of fused-ring (bicyclic) bond motifs is 2. The van der Waals surface area contributed by atoms with E-state index in [-0.39, 0.29) is 0 Å². The molecule has 0 amide bonds. The molecule has 0 radical (unpaired) electrons. The van der Waals surface area contributed by atoms with Crippen molar-refractivity contribution < 1.29 is 9.47 Å². The van der Waals surface area contributed by atoms with Crippen LogP contribution in [0.2, 0.25) is 0 Å². The number of hydrogen-bond donors (Lipinski definition) is 0. The Morgan fingerprint density at radius 1 is 0.426 bits per heavy atom. The predicted molar refractivity (Wildman–Crippen MR) is 225 cm³/mol. The molecule has 7 aromatic carbocycles. The van der Waals surface area contributed by atoms with E-state index >= 15 is 0 Å². The fourth-order valence-corrected chi connectivity index (χ4v) is 6.37. The maximum absolute atomic E-state index is 5.97. The molecule has 266 valence electrons. The highest BCUT2D eigenvalue weighted by Crippen LogP contribution is 2.41. The summed E-state index contributed by atoms with van der Waals surface area (Å²) in [4.78, 5) is 0. The van der Waals surface area contributed by atoms with Crippen molar-refractivity contribution in [1.29, 1.82) is 0 Å². The van der Waals surface area contributed by atoms with E-state index in [1.165, 1.54) is 0 Å². The fraction of sp³-hybridized carbons (Fsp3) is 0.125. The predicted octanol–water partition coefficient (Wildman–Crippen LogP) is 14.6. The van der Waals surface area contributed by atoms with Gasteiger partial charge in [-0.15, -0.1) is 10.2 Å². The third-order valence-corrected chi connectivity index (χ3v) is 9.09. The van der Waals surface area contributed by atoms with Gasteiger partial charge < -0.3 is 9.47 Å². The Morgan fingerprint density at radius 2 is 0.759 bits per heavy atom. The van der Waals surface area contributed by atoms with Gasteiger partial charge in [0, 0.05) is 10.8 Å². The number of hydrogen-bond acceptors (Lipinski definition) is 6. The van der Waals surface area contributed by atoms with Crippen LogP contribution in [0.3, 0.4) is 0 Å². The van der Waals surface area contributed by atoms with E-state index in [2.05, 4.69) is 130 Å². The van der Waals surface area contributed by atoms with Gasteiger partial charge in [-0.25, -0.2) is 0 Å². The monoisotopic (exact) mass is 706 g/mol. The second-order valence-electron chi connectivity index (χ2n) is 13.0. The van der Waals surface area contributed by atoms with Gasteiger partial charge in [0.2, 0.25) is 0 Å². The van der Waals surface area contributed by atoms with Gasteiger partial charge in [-0.1, -0.05) is 121 Å². The first-order chi connectivity index (χ1) is 26.5. The second-order valence-corrected chi connectivity index (χ2v) is 13.0. The Balaban J connectivity index is 0.976. The lowest BCUT2D eigenvalue weighted by Crippen LogP contribution is -1.95. The Kier molecular flexibility index (Phi) is 11.1. The van der Waals surface area contributed by atoms with Gasteiger partial charge in [0.1, 0.15) is 22.9 Å². The van der Waals surface area contributed by atoms with E-state index in [4.69, 9.17) is 9.47 Å². The molecule has 0 aliphatic carbocycles. The average Bonchev–Trinajstić information content (AvgIpc) is 3.20. The smallest absolute Gasteiger partial charge is 0.150 e. The van der Waals surface area contributed by atoms with Crippen molar-refractivity contribution >= 4 is 68.6 Å². The summed E-state index contributed by atoms with van der Waals surface area (Å²) in [5, 5.41) is 22.7. The zero-order valence-electron chi connectivity index (χ0n) is 31.0. The molecular formula is C48H42N4O2. The minimum absolute atomic E-state index is 0.566. The number of azo groups is 2. The van der Waals surface area contributed by atoms with Crippen molar-refractivity contribution in [2.75, 3.05) is 13.2 Å². The highest BCUT2D eigenvalue weighted by Gasteiger charge is 2.13. The number of rotatable bonds is 12. The average molecular weight is 707 g/mol. The number of nitrogens with zero attached hydrogens (tertiary/aromatic N) is 4. The van der Waals surface area contributed by atoms with Crippen LogP contribution in [0.15, 0.2) is 154 Å².